The summed E-state index contributed by atoms with van der Waals surface area (Å²) < 4.78 is 41.2. The summed E-state index contributed by atoms with van der Waals surface area (Å²) in [4.78, 5) is -0.395. The van der Waals surface area contributed by atoms with Crippen LogP contribution in [0.5, 0.6) is 0 Å². The van der Waals surface area contributed by atoms with Crippen molar-refractivity contribution in [3.8, 4) is 0 Å². The van der Waals surface area contributed by atoms with Crippen LogP contribution in [0.3, 0.4) is 0 Å². The van der Waals surface area contributed by atoms with Gasteiger partial charge in [0.1, 0.15) is 10.7 Å². The number of rotatable bonds is 5. The van der Waals surface area contributed by atoms with E-state index in [1.54, 1.807) is 0 Å². The third kappa shape index (κ3) is 4.51. The van der Waals surface area contributed by atoms with Crippen LogP contribution in [0, 0.1) is 11.2 Å². The van der Waals surface area contributed by atoms with Crippen molar-refractivity contribution in [2.75, 3.05) is 6.61 Å². The van der Waals surface area contributed by atoms with Gasteiger partial charge in [-0.1, -0.05) is 36.7 Å². The minimum absolute atomic E-state index is 0.146. The number of hydrogen-bond acceptors (Lipinski definition) is 3. The van der Waals surface area contributed by atoms with E-state index >= 15 is 0 Å². The van der Waals surface area contributed by atoms with Crippen molar-refractivity contribution in [3.05, 3.63) is 28.5 Å². The van der Waals surface area contributed by atoms with Crippen LogP contribution in [-0.2, 0) is 10.0 Å². The molecular weight excluding hydrogens is 349 g/mol. The summed E-state index contributed by atoms with van der Waals surface area (Å²) in [5.74, 6) is -0.816. The number of benzene rings is 1. The second kappa shape index (κ2) is 6.51. The molecule has 0 saturated carbocycles. The van der Waals surface area contributed by atoms with Gasteiger partial charge >= 0.3 is 0 Å². The van der Waals surface area contributed by atoms with Crippen LogP contribution >= 0.6 is 15.9 Å². The molecule has 1 unspecified atom stereocenters. The van der Waals surface area contributed by atoms with Crippen molar-refractivity contribution in [1.29, 1.82) is 0 Å². The Morgan fingerprint density at radius 3 is 2.45 bits per heavy atom. The van der Waals surface area contributed by atoms with Gasteiger partial charge in [0.15, 0.2) is 0 Å². The molecule has 1 rings (SSSR count). The molecule has 0 aliphatic carbocycles. The van der Waals surface area contributed by atoms with E-state index in [2.05, 4.69) is 20.7 Å². The van der Waals surface area contributed by atoms with Crippen molar-refractivity contribution >= 4 is 26.0 Å². The van der Waals surface area contributed by atoms with Crippen LogP contribution in [0.15, 0.2) is 27.6 Å². The molecule has 4 nitrogen and oxygen atoms in total. The van der Waals surface area contributed by atoms with Crippen LogP contribution < -0.4 is 4.72 Å². The van der Waals surface area contributed by atoms with Gasteiger partial charge in [-0.3, -0.25) is 0 Å². The minimum Gasteiger partial charge on any atom is -0.396 e. The third-order valence-electron chi connectivity index (χ3n) is 2.94. The number of aliphatic hydroxyl groups is 1. The van der Waals surface area contributed by atoms with E-state index in [1.165, 1.54) is 12.1 Å². The highest BCUT2D eigenvalue weighted by molar-refractivity contribution is 9.10. The first-order chi connectivity index (χ1) is 9.08. The molecule has 1 atom stereocenters. The van der Waals surface area contributed by atoms with Crippen LogP contribution in [-0.4, -0.2) is 26.2 Å². The molecule has 0 aromatic heterocycles. The summed E-state index contributed by atoms with van der Waals surface area (Å²) in [6.07, 6.45) is 0.265. The van der Waals surface area contributed by atoms with E-state index in [-0.39, 0.29) is 18.4 Å². The Bertz CT molecular complexity index is 569. The maximum absolute atomic E-state index is 13.8. The van der Waals surface area contributed by atoms with Gasteiger partial charge in [-0.25, -0.2) is 17.5 Å². The second-order valence-electron chi connectivity index (χ2n) is 5.63. The fraction of sp³-hybridized carbons (Fsp3) is 0.538. The van der Waals surface area contributed by atoms with Gasteiger partial charge < -0.3 is 5.11 Å². The third-order valence-corrected chi connectivity index (χ3v) is 4.94. The zero-order valence-electron chi connectivity index (χ0n) is 11.7. The van der Waals surface area contributed by atoms with Crippen molar-refractivity contribution < 1.29 is 17.9 Å². The summed E-state index contributed by atoms with van der Waals surface area (Å²) >= 11 is 3.08. The average Bonchev–Trinajstić information content (AvgIpc) is 2.26. The van der Waals surface area contributed by atoms with Gasteiger partial charge in [0, 0.05) is 17.1 Å². The second-order valence-corrected chi connectivity index (χ2v) is 8.23. The Balaban J connectivity index is 3.10. The van der Waals surface area contributed by atoms with Gasteiger partial charge in [-0.2, -0.15) is 0 Å². The minimum atomic E-state index is -3.97. The Morgan fingerprint density at radius 2 is 2.00 bits per heavy atom. The van der Waals surface area contributed by atoms with Crippen LogP contribution in [0.4, 0.5) is 4.39 Å². The highest BCUT2D eigenvalue weighted by Gasteiger charge is 2.30. The lowest BCUT2D eigenvalue weighted by atomic mass is 9.86. The topological polar surface area (TPSA) is 66.4 Å². The van der Waals surface area contributed by atoms with Gasteiger partial charge in [-0.05, 0) is 30.0 Å². The van der Waals surface area contributed by atoms with E-state index in [0.29, 0.717) is 4.47 Å². The van der Waals surface area contributed by atoms with E-state index in [9.17, 15) is 12.8 Å². The average molecular weight is 368 g/mol. The van der Waals surface area contributed by atoms with E-state index in [1.807, 2.05) is 20.8 Å². The fourth-order valence-corrected chi connectivity index (χ4v) is 3.61. The Hall–Kier alpha value is -0.500. The van der Waals surface area contributed by atoms with E-state index in [0.717, 1.165) is 6.07 Å². The lowest BCUT2D eigenvalue weighted by molar-refractivity contribution is 0.214. The zero-order valence-corrected chi connectivity index (χ0v) is 14.1. The summed E-state index contributed by atoms with van der Waals surface area (Å²) in [5.41, 5.74) is -0.387. The zero-order chi connectivity index (χ0) is 15.6. The predicted molar refractivity (Wildman–Crippen MR) is 79.4 cm³/mol. The van der Waals surface area contributed by atoms with Gasteiger partial charge in [-0.15, -0.1) is 0 Å². The Labute approximate surface area is 127 Å². The standard InChI is InChI=1S/C13H19BrFNO3S/c1-13(2,3)12(6-7-17)16-20(18,19)11-5-4-9(14)8-10(11)15/h4-5,8,12,16-17H,6-7H2,1-3H3. The Morgan fingerprint density at radius 1 is 1.40 bits per heavy atom. The first-order valence-electron chi connectivity index (χ1n) is 6.16. The summed E-state index contributed by atoms with van der Waals surface area (Å²) in [7, 11) is -3.97. The fourth-order valence-electron chi connectivity index (χ4n) is 1.74. The normalized spacial score (nSPS) is 14.3. The molecule has 0 saturated heterocycles. The molecular formula is C13H19BrFNO3S. The van der Waals surface area contributed by atoms with Crippen molar-refractivity contribution in [1.82, 2.24) is 4.72 Å². The molecule has 1 aromatic rings. The SMILES string of the molecule is CC(C)(C)C(CCO)NS(=O)(=O)c1ccc(Br)cc1F. The monoisotopic (exact) mass is 367 g/mol. The summed E-state index contributed by atoms with van der Waals surface area (Å²) in [6.45, 7) is 5.42. The molecule has 20 heavy (non-hydrogen) atoms. The summed E-state index contributed by atoms with van der Waals surface area (Å²) in [5, 5.41) is 9.04. The molecule has 114 valence electrons. The number of sulfonamides is 1. The molecule has 1 aromatic carbocycles. The maximum atomic E-state index is 13.8. The van der Waals surface area contributed by atoms with Gasteiger partial charge in [0.05, 0.1) is 0 Å². The smallest absolute Gasteiger partial charge is 0.243 e. The van der Waals surface area contributed by atoms with E-state index in [4.69, 9.17) is 5.11 Å². The molecule has 7 heteroatoms. The predicted octanol–water partition coefficient (Wildman–Crippen LogP) is 2.66. The molecule has 0 bridgehead atoms. The lowest BCUT2D eigenvalue weighted by Gasteiger charge is -2.30. The highest BCUT2D eigenvalue weighted by Crippen LogP contribution is 2.25. The number of halogens is 2. The molecule has 0 amide bonds. The molecule has 0 spiro atoms. The van der Waals surface area contributed by atoms with E-state index < -0.39 is 26.8 Å². The van der Waals surface area contributed by atoms with Crippen molar-refractivity contribution in [2.45, 2.75) is 38.1 Å². The largest absolute Gasteiger partial charge is 0.396 e. The molecule has 2 N–H and O–H groups in total. The maximum Gasteiger partial charge on any atom is 0.243 e. The molecule has 0 aliphatic heterocycles. The van der Waals surface area contributed by atoms with Crippen LogP contribution in [0.2, 0.25) is 0 Å². The number of hydrogen-bond donors (Lipinski definition) is 2. The first-order valence-corrected chi connectivity index (χ1v) is 8.44. The molecule has 0 radical (unpaired) electrons. The lowest BCUT2D eigenvalue weighted by Crippen LogP contribution is -2.44. The Kier molecular flexibility index (Phi) is 5.71. The van der Waals surface area contributed by atoms with Crippen LogP contribution in [0.1, 0.15) is 27.2 Å². The number of nitrogens with one attached hydrogen (secondary N) is 1. The van der Waals surface area contributed by atoms with Crippen molar-refractivity contribution in [3.63, 3.8) is 0 Å². The first kappa shape index (κ1) is 17.6. The number of aliphatic hydroxyl groups excluding tert-OH is 1. The molecule has 0 fully saturated rings. The quantitative estimate of drug-likeness (QED) is 0.840. The van der Waals surface area contributed by atoms with Crippen LogP contribution in [0.25, 0.3) is 0 Å². The molecule has 0 aliphatic rings. The van der Waals surface area contributed by atoms with Crippen molar-refractivity contribution in [2.24, 2.45) is 5.41 Å². The summed E-state index contributed by atoms with van der Waals surface area (Å²) in [6, 6.07) is 3.30. The van der Waals surface area contributed by atoms with Gasteiger partial charge in [0.25, 0.3) is 0 Å². The molecule has 0 heterocycles. The van der Waals surface area contributed by atoms with Gasteiger partial charge in [0.2, 0.25) is 10.0 Å². The highest BCUT2D eigenvalue weighted by atomic mass is 79.9.